The minimum absolute atomic E-state index is 0.167. The van der Waals surface area contributed by atoms with E-state index in [2.05, 4.69) is 10.3 Å². The van der Waals surface area contributed by atoms with E-state index in [1.54, 1.807) is 44.6 Å². The zero-order chi connectivity index (χ0) is 19.4. The molecule has 0 aliphatic rings. The number of nitrogens with one attached hydrogen (secondary N) is 1. The van der Waals surface area contributed by atoms with Crippen LogP contribution in [-0.4, -0.2) is 35.8 Å². The van der Waals surface area contributed by atoms with Crippen molar-refractivity contribution in [3.63, 3.8) is 0 Å². The van der Waals surface area contributed by atoms with Crippen LogP contribution in [0, 0.1) is 0 Å². The number of halogens is 1. The summed E-state index contributed by atoms with van der Waals surface area (Å²) in [5, 5.41) is 4.07. The van der Waals surface area contributed by atoms with E-state index in [9.17, 15) is 9.59 Å². The molecular weight excluding hydrogens is 362 g/mol. The number of hydrogen-bond donors (Lipinski definition) is 1. The lowest BCUT2D eigenvalue weighted by Gasteiger charge is -2.12. The number of anilines is 1. The topological polar surface area (TPSA) is 62.3 Å². The Morgan fingerprint density at radius 3 is 2.67 bits per heavy atom. The quantitative estimate of drug-likeness (QED) is 0.689. The van der Waals surface area contributed by atoms with E-state index in [1.807, 2.05) is 30.3 Å². The number of para-hydroxylation sites is 1. The summed E-state index contributed by atoms with van der Waals surface area (Å²) in [6.45, 7) is 0. The van der Waals surface area contributed by atoms with Crippen molar-refractivity contribution in [2.24, 2.45) is 0 Å². The molecule has 27 heavy (non-hydrogen) atoms. The van der Waals surface area contributed by atoms with Gasteiger partial charge in [-0.1, -0.05) is 35.9 Å². The maximum absolute atomic E-state index is 12.3. The molecule has 0 bridgehead atoms. The van der Waals surface area contributed by atoms with Gasteiger partial charge in [-0.25, -0.2) is 0 Å². The highest BCUT2D eigenvalue weighted by Gasteiger charge is 2.11. The number of pyridine rings is 1. The number of aromatic nitrogens is 1. The molecule has 0 radical (unpaired) electrons. The Hall–Kier alpha value is -3.18. The number of benzene rings is 2. The molecule has 2 aromatic carbocycles. The number of amides is 2. The summed E-state index contributed by atoms with van der Waals surface area (Å²) >= 11 is 6.15. The van der Waals surface area contributed by atoms with Crippen LogP contribution in [0.15, 0.2) is 60.8 Å². The lowest BCUT2D eigenvalue weighted by molar-refractivity contribution is -0.111. The van der Waals surface area contributed by atoms with Crippen LogP contribution in [0.4, 0.5) is 5.69 Å². The number of fused-ring (bicyclic) bond motifs is 1. The second-order valence-electron chi connectivity index (χ2n) is 6.14. The summed E-state index contributed by atoms with van der Waals surface area (Å²) in [7, 11) is 3.33. The van der Waals surface area contributed by atoms with Crippen molar-refractivity contribution >= 4 is 46.1 Å². The maximum atomic E-state index is 12.3. The van der Waals surface area contributed by atoms with E-state index in [0.717, 1.165) is 16.5 Å². The smallest absolute Gasteiger partial charge is 0.253 e. The van der Waals surface area contributed by atoms with Crippen LogP contribution >= 0.6 is 11.6 Å². The summed E-state index contributed by atoms with van der Waals surface area (Å²) in [4.78, 5) is 30.2. The molecule has 0 aliphatic heterocycles. The van der Waals surface area contributed by atoms with Crippen LogP contribution in [0.5, 0.6) is 0 Å². The standard InChI is InChI=1S/C21H18ClN3O2/c1-25(2)21(27)16-8-10-17(22)18(13-16)24-19(26)11-9-15-6-3-5-14-7-4-12-23-20(14)15/h3-13H,1-2H3,(H,24,26)/b11-9+. The number of carbonyl (C=O) groups excluding carboxylic acids is 2. The molecule has 1 heterocycles. The van der Waals surface area contributed by atoms with E-state index in [4.69, 9.17) is 11.6 Å². The fraction of sp³-hybridized carbons (Fsp3) is 0.0952. The van der Waals surface area contributed by atoms with Gasteiger partial charge in [-0.15, -0.1) is 0 Å². The third kappa shape index (κ3) is 4.33. The third-order valence-corrected chi connectivity index (χ3v) is 4.29. The second-order valence-corrected chi connectivity index (χ2v) is 6.55. The predicted octanol–water partition coefficient (Wildman–Crippen LogP) is 4.24. The van der Waals surface area contributed by atoms with Crippen molar-refractivity contribution in [2.45, 2.75) is 0 Å². The van der Waals surface area contributed by atoms with Gasteiger partial charge in [0, 0.05) is 42.9 Å². The molecule has 3 rings (SSSR count). The Kier molecular flexibility index (Phi) is 5.52. The minimum atomic E-state index is -0.348. The van der Waals surface area contributed by atoms with Gasteiger partial charge in [0.2, 0.25) is 5.91 Å². The van der Waals surface area contributed by atoms with Gasteiger partial charge in [-0.3, -0.25) is 14.6 Å². The van der Waals surface area contributed by atoms with Crippen LogP contribution in [0.1, 0.15) is 15.9 Å². The Balaban J connectivity index is 1.80. The molecule has 6 heteroatoms. The molecule has 136 valence electrons. The molecule has 0 saturated carbocycles. The zero-order valence-corrected chi connectivity index (χ0v) is 15.7. The highest BCUT2D eigenvalue weighted by molar-refractivity contribution is 6.34. The largest absolute Gasteiger partial charge is 0.345 e. The van der Waals surface area contributed by atoms with E-state index in [1.165, 1.54) is 11.0 Å². The summed E-state index contributed by atoms with van der Waals surface area (Å²) in [5.74, 6) is -0.515. The Bertz CT molecular complexity index is 1040. The number of nitrogens with zero attached hydrogens (tertiary/aromatic N) is 2. The molecule has 0 saturated heterocycles. The average Bonchev–Trinajstić information content (AvgIpc) is 2.67. The van der Waals surface area contributed by atoms with Gasteiger partial charge in [0.15, 0.2) is 0 Å². The van der Waals surface area contributed by atoms with Crippen LogP contribution in [0.25, 0.3) is 17.0 Å². The Morgan fingerprint density at radius 1 is 1.11 bits per heavy atom. The fourth-order valence-electron chi connectivity index (χ4n) is 2.61. The van der Waals surface area contributed by atoms with Crippen LogP contribution < -0.4 is 5.32 Å². The Morgan fingerprint density at radius 2 is 1.89 bits per heavy atom. The van der Waals surface area contributed by atoms with Gasteiger partial charge < -0.3 is 10.2 Å². The van der Waals surface area contributed by atoms with Crippen molar-refractivity contribution in [1.82, 2.24) is 9.88 Å². The molecule has 3 aromatic rings. The monoisotopic (exact) mass is 379 g/mol. The molecule has 0 aliphatic carbocycles. The number of rotatable bonds is 4. The molecular formula is C21H18ClN3O2. The summed E-state index contributed by atoms with van der Waals surface area (Å²) < 4.78 is 0. The number of hydrogen-bond acceptors (Lipinski definition) is 3. The third-order valence-electron chi connectivity index (χ3n) is 3.96. The van der Waals surface area contributed by atoms with E-state index >= 15 is 0 Å². The van der Waals surface area contributed by atoms with Gasteiger partial charge in [0.25, 0.3) is 5.91 Å². The first-order chi connectivity index (χ1) is 13.0. The summed E-state index contributed by atoms with van der Waals surface area (Å²) in [6, 6.07) is 14.4. The maximum Gasteiger partial charge on any atom is 0.253 e. The first-order valence-corrected chi connectivity index (χ1v) is 8.67. The molecule has 1 aromatic heterocycles. The fourth-order valence-corrected chi connectivity index (χ4v) is 2.78. The summed E-state index contributed by atoms with van der Waals surface area (Å²) in [5.41, 5.74) is 2.49. The summed E-state index contributed by atoms with van der Waals surface area (Å²) in [6.07, 6.45) is 4.83. The SMILES string of the molecule is CN(C)C(=O)c1ccc(Cl)c(NC(=O)/C=C/c2cccc3cccnc23)c1. The molecule has 2 amide bonds. The lowest BCUT2D eigenvalue weighted by Crippen LogP contribution is -2.21. The van der Waals surface area contributed by atoms with Gasteiger partial charge in [-0.2, -0.15) is 0 Å². The van der Waals surface area contributed by atoms with Crippen LogP contribution in [0.2, 0.25) is 5.02 Å². The minimum Gasteiger partial charge on any atom is -0.345 e. The normalized spacial score (nSPS) is 10.9. The predicted molar refractivity (Wildman–Crippen MR) is 109 cm³/mol. The first kappa shape index (κ1) is 18.6. The molecule has 1 N–H and O–H groups in total. The van der Waals surface area contributed by atoms with Crippen molar-refractivity contribution in [1.29, 1.82) is 0 Å². The Labute approximate surface area is 162 Å². The lowest BCUT2D eigenvalue weighted by atomic mass is 10.1. The van der Waals surface area contributed by atoms with Gasteiger partial charge in [-0.05, 0) is 30.3 Å². The number of carbonyl (C=O) groups is 2. The zero-order valence-electron chi connectivity index (χ0n) is 14.9. The van der Waals surface area contributed by atoms with Crippen LogP contribution in [0.3, 0.4) is 0 Å². The first-order valence-electron chi connectivity index (χ1n) is 8.30. The van der Waals surface area contributed by atoms with Crippen molar-refractivity contribution in [2.75, 3.05) is 19.4 Å². The molecule has 5 nitrogen and oxygen atoms in total. The highest BCUT2D eigenvalue weighted by Crippen LogP contribution is 2.24. The molecule has 0 unspecified atom stereocenters. The highest BCUT2D eigenvalue weighted by atomic mass is 35.5. The van der Waals surface area contributed by atoms with Crippen LogP contribution in [-0.2, 0) is 4.79 Å². The molecule has 0 spiro atoms. The van der Waals surface area contributed by atoms with E-state index in [0.29, 0.717) is 16.3 Å². The van der Waals surface area contributed by atoms with E-state index in [-0.39, 0.29) is 11.8 Å². The van der Waals surface area contributed by atoms with Gasteiger partial charge in [0.05, 0.1) is 16.2 Å². The van der Waals surface area contributed by atoms with Crippen molar-refractivity contribution in [3.05, 3.63) is 77.0 Å². The average molecular weight is 380 g/mol. The van der Waals surface area contributed by atoms with Crippen molar-refractivity contribution < 1.29 is 9.59 Å². The van der Waals surface area contributed by atoms with Crippen molar-refractivity contribution in [3.8, 4) is 0 Å². The molecule has 0 atom stereocenters. The molecule has 0 fully saturated rings. The van der Waals surface area contributed by atoms with Gasteiger partial charge >= 0.3 is 0 Å². The second kappa shape index (κ2) is 8.01. The van der Waals surface area contributed by atoms with E-state index < -0.39 is 0 Å². The van der Waals surface area contributed by atoms with Gasteiger partial charge in [0.1, 0.15) is 0 Å².